The van der Waals surface area contributed by atoms with Crippen LogP contribution in [-0.4, -0.2) is 14.7 Å². The van der Waals surface area contributed by atoms with Crippen molar-refractivity contribution in [1.82, 2.24) is 0 Å². The predicted octanol–water partition coefficient (Wildman–Crippen LogP) is 2.80. The zero-order valence-corrected chi connectivity index (χ0v) is 9.82. The Kier molecular flexibility index (Phi) is 2.28. The van der Waals surface area contributed by atoms with Crippen LogP contribution >= 0.6 is 11.6 Å². The largest absolute Gasteiger partial charge is 0.461 e. The summed E-state index contributed by atoms with van der Waals surface area (Å²) in [6, 6.07) is 4.87. The Morgan fingerprint density at radius 1 is 1.27 bits per heavy atom. The monoisotopic (exact) mass is 244 g/mol. The summed E-state index contributed by atoms with van der Waals surface area (Å²) in [5.41, 5.74) is 0.539. The summed E-state index contributed by atoms with van der Waals surface area (Å²) in [7, 11) is -3.31. The van der Waals surface area contributed by atoms with E-state index in [1.165, 1.54) is 6.07 Å². The van der Waals surface area contributed by atoms with Crippen molar-refractivity contribution in [1.29, 1.82) is 0 Å². The van der Waals surface area contributed by atoms with E-state index in [1.54, 1.807) is 13.0 Å². The molecule has 2 aromatic rings. The van der Waals surface area contributed by atoms with Gasteiger partial charge in [-0.15, -0.1) is 0 Å². The Morgan fingerprint density at radius 2 is 1.93 bits per heavy atom. The Hall–Kier alpha value is -1.00. The third-order valence-corrected chi connectivity index (χ3v) is 3.65. The minimum absolute atomic E-state index is 0.103. The summed E-state index contributed by atoms with van der Waals surface area (Å²) in [6.45, 7) is 1.80. The number of hydrogen-bond acceptors (Lipinski definition) is 3. The topological polar surface area (TPSA) is 47.3 Å². The van der Waals surface area contributed by atoms with Gasteiger partial charge < -0.3 is 4.42 Å². The number of hydrogen-bond donors (Lipinski definition) is 0. The van der Waals surface area contributed by atoms with Crippen molar-refractivity contribution in [3.63, 3.8) is 0 Å². The molecule has 3 nitrogen and oxygen atoms in total. The maximum Gasteiger partial charge on any atom is 0.177 e. The van der Waals surface area contributed by atoms with Crippen LogP contribution in [0.15, 0.2) is 27.5 Å². The molecule has 0 aliphatic carbocycles. The fourth-order valence-corrected chi connectivity index (χ4v) is 2.78. The first-order valence-electron chi connectivity index (χ1n) is 4.27. The van der Waals surface area contributed by atoms with E-state index in [1.807, 2.05) is 6.07 Å². The highest BCUT2D eigenvalue weighted by atomic mass is 35.5. The van der Waals surface area contributed by atoms with Crippen LogP contribution < -0.4 is 0 Å². The van der Waals surface area contributed by atoms with E-state index in [2.05, 4.69) is 0 Å². The number of rotatable bonds is 1. The van der Waals surface area contributed by atoms with Crippen LogP contribution in [0.25, 0.3) is 11.0 Å². The minimum atomic E-state index is -3.31. The molecule has 0 saturated carbocycles. The molecule has 0 atom stereocenters. The molecule has 0 saturated heterocycles. The molecule has 1 aromatic heterocycles. The molecular weight excluding hydrogens is 236 g/mol. The van der Waals surface area contributed by atoms with Gasteiger partial charge >= 0.3 is 0 Å². The fourth-order valence-electron chi connectivity index (χ4n) is 1.46. The maximum absolute atomic E-state index is 11.4. The van der Waals surface area contributed by atoms with Gasteiger partial charge in [-0.1, -0.05) is 11.6 Å². The normalized spacial score (nSPS) is 12.2. The second-order valence-electron chi connectivity index (χ2n) is 3.45. The van der Waals surface area contributed by atoms with Gasteiger partial charge in [-0.25, -0.2) is 8.42 Å². The maximum atomic E-state index is 11.4. The van der Waals surface area contributed by atoms with Crippen LogP contribution in [0.2, 0.25) is 5.02 Å². The SMILES string of the molecule is Cc1cc2cc(Cl)c(S(C)(=O)=O)cc2o1. The zero-order valence-electron chi connectivity index (χ0n) is 8.24. The number of sulfone groups is 1. The van der Waals surface area contributed by atoms with Gasteiger partial charge in [-0.05, 0) is 19.1 Å². The number of benzene rings is 1. The molecule has 0 aliphatic rings. The first kappa shape index (κ1) is 10.5. The molecule has 2 rings (SSSR count). The molecule has 0 amide bonds. The molecule has 15 heavy (non-hydrogen) atoms. The molecule has 80 valence electrons. The van der Waals surface area contributed by atoms with Crippen molar-refractivity contribution < 1.29 is 12.8 Å². The highest BCUT2D eigenvalue weighted by molar-refractivity contribution is 7.90. The summed E-state index contributed by atoms with van der Waals surface area (Å²) in [4.78, 5) is 0.103. The Morgan fingerprint density at radius 3 is 2.53 bits per heavy atom. The van der Waals surface area contributed by atoms with Gasteiger partial charge in [-0.2, -0.15) is 0 Å². The van der Waals surface area contributed by atoms with Crippen LogP contribution in [0, 0.1) is 6.92 Å². The van der Waals surface area contributed by atoms with Crippen molar-refractivity contribution in [2.45, 2.75) is 11.8 Å². The van der Waals surface area contributed by atoms with Crippen LogP contribution in [0.5, 0.6) is 0 Å². The summed E-state index contributed by atoms with van der Waals surface area (Å²) in [5, 5.41) is 1.04. The zero-order chi connectivity index (χ0) is 11.2. The summed E-state index contributed by atoms with van der Waals surface area (Å²) < 4.78 is 28.1. The molecular formula is C10H9ClO3S. The van der Waals surface area contributed by atoms with E-state index in [-0.39, 0.29) is 9.92 Å². The fraction of sp³-hybridized carbons (Fsp3) is 0.200. The average molecular weight is 245 g/mol. The van der Waals surface area contributed by atoms with E-state index < -0.39 is 9.84 Å². The number of furan rings is 1. The van der Waals surface area contributed by atoms with Crippen molar-refractivity contribution in [3.05, 3.63) is 29.0 Å². The third kappa shape index (κ3) is 1.87. The van der Waals surface area contributed by atoms with Crippen LogP contribution in [-0.2, 0) is 9.84 Å². The molecule has 0 aliphatic heterocycles. The van der Waals surface area contributed by atoms with Gasteiger partial charge in [0.1, 0.15) is 11.3 Å². The molecule has 0 unspecified atom stereocenters. The lowest BCUT2D eigenvalue weighted by Gasteiger charge is -2.00. The van der Waals surface area contributed by atoms with Crippen molar-refractivity contribution in [2.24, 2.45) is 0 Å². The Balaban J connectivity index is 2.83. The van der Waals surface area contributed by atoms with Gasteiger partial charge in [0.05, 0.1) is 9.92 Å². The van der Waals surface area contributed by atoms with Crippen molar-refractivity contribution in [2.75, 3.05) is 6.26 Å². The lowest BCUT2D eigenvalue weighted by molar-refractivity contribution is 0.576. The summed E-state index contributed by atoms with van der Waals surface area (Å²) in [5.74, 6) is 0.728. The second-order valence-corrected chi connectivity index (χ2v) is 5.84. The number of aryl methyl sites for hydroxylation is 1. The smallest absolute Gasteiger partial charge is 0.177 e. The molecule has 0 bridgehead atoms. The molecule has 0 spiro atoms. The molecule has 0 fully saturated rings. The standard InChI is InChI=1S/C10H9ClO3S/c1-6-3-7-4-8(11)10(15(2,12)13)5-9(7)14-6/h3-5H,1-2H3. The summed E-state index contributed by atoms with van der Waals surface area (Å²) in [6.07, 6.45) is 1.12. The molecule has 5 heteroatoms. The first-order chi connectivity index (χ1) is 6.88. The van der Waals surface area contributed by atoms with Gasteiger partial charge in [0, 0.05) is 17.7 Å². The minimum Gasteiger partial charge on any atom is -0.461 e. The van der Waals surface area contributed by atoms with E-state index in [0.717, 1.165) is 17.4 Å². The predicted molar refractivity (Wildman–Crippen MR) is 59.1 cm³/mol. The van der Waals surface area contributed by atoms with Crippen molar-refractivity contribution in [3.8, 4) is 0 Å². The van der Waals surface area contributed by atoms with Crippen LogP contribution in [0.4, 0.5) is 0 Å². The number of fused-ring (bicyclic) bond motifs is 1. The van der Waals surface area contributed by atoms with Crippen LogP contribution in [0.3, 0.4) is 0 Å². The second kappa shape index (κ2) is 3.25. The van der Waals surface area contributed by atoms with Crippen LogP contribution in [0.1, 0.15) is 5.76 Å². The Labute approximate surface area is 92.6 Å². The quantitative estimate of drug-likeness (QED) is 0.775. The summed E-state index contributed by atoms with van der Waals surface area (Å²) >= 11 is 5.88. The average Bonchev–Trinajstić information content (AvgIpc) is 2.40. The highest BCUT2D eigenvalue weighted by Crippen LogP contribution is 2.29. The molecule has 1 heterocycles. The lowest BCUT2D eigenvalue weighted by Crippen LogP contribution is -1.97. The van der Waals surface area contributed by atoms with Gasteiger partial charge in [-0.3, -0.25) is 0 Å². The lowest BCUT2D eigenvalue weighted by atomic mass is 10.2. The van der Waals surface area contributed by atoms with Gasteiger partial charge in [0.25, 0.3) is 0 Å². The van der Waals surface area contributed by atoms with E-state index in [9.17, 15) is 8.42 Å². The first-order valence-corrected chi connectivity index (χ1v) is 6.54. The third-order valence-electron chi connectivity index (χ3n) is 2.09. The van der Waals surface area contributed by atoms with Crippen molar-refractivity contribution >= 4 is 32.4 Å². The molecule has 0 radical (unpaired) electrons. The van der Waals surface area contributed by atoms with Gasteiger partial charge in [0.2, 0.25) is 0 Å². The van der Waals surface area contributed by atoms with E-state index >= 15 is 0 Å². The van der Waals surface area contributed by atoms with E-state index in [4.69, 9.17) is 16.0 Å². The molecule has 0 N–H and O–H groups in total. The Bertz CT molecular complexity index is 625. The molecule has 1 aromatic carbocycles. The van der Waals surface area contributed by atoms with Gasteiger partial charge in [0.15, 0.2) is 9.84 Å². The highest BCUT2D eigenvalue weighted by Gasteiger charge is 2.14. The van der Waals surface area contributed by atoms with E-state index in [0.29, 0.717) is 5.58 Å². The number of halogens is 1.